The van der Waals surface area contributed by atoms with Crippen molar-refractivity contribution >= 4 is 17.7 Å². The molecule has 0 saturated carbocycles. The van der Waals surface area contributed by atoms with Crippen LogP contribution in [0.2, 0.25) is 0 Å². The molecule has 1 atom stereocenters. The lowest BCUT2D eigenvalue weighted by Gasteiger charge is -2.23. The molecule has 19 heavy (non-hydrogen) atoms. The maximum Gasteiger partial charge on any atom is 0.224 e. The predicted octanol–water partition coefficient (Wildman–Crippen LogP) is 1.04. The molecule has 1 aromatic rings. The first kappa shape index (κ1) is 15.2. The number of carbonyl (C=O) groups excluding carboxylic acids is 1. The van der Waals surface area contributed by atoms with E-state index < -0.39 is 0 Å². The highest BCUT2D eigenvalue weighted by atomic mass is 16.1. The number of hydrogen-bond acceptors (Lipinski definition) is 5. The van der Waals surface area contributed by atoms with E-state index in [0.29, 0.717) is 12.5 Å². The van der Waals surface area contributed by atoms with Crippen molar-refractivity contribution in [3.05, 3.63) is 11.8 Å². The summed E-state index contributed by atoms with van der Waals surface area (Å²) in [7, 11) is 3.59. The van der Waals surface area contributed by atoms with Gasteiger partial charge in [-0.2, -0.15) is 4.98 Å². The Bertz CT molecular complexity index is 435. The predicted molar refractivity (Wildman–Crippen MR) is 77.4 cm³/mol. The average Bonchev–Trinajstić information content (AvgIpc) is 2.40. The molecular weight excluding hydrogens is 242 g/mol. The van der Waals surface area contributed by atoms with Crippen LogP contribution < -0.4 is 15.5 Å². The molecule has 1 rings (SSSR count). The summed E-state index contributed by atoms with van der Waals surface area (Å²) in [6.45, 7) is 7.26. The molecule has 1 amide bonds. The second-order valence-corrected chi connectivity index (χ2v) is 4.63. The first-order valence-electron chi connectivity index (χ1n) is 6.49. The van der Waals surface area contributed by atoms with E-state index in [0.717, 1.165) is 17.9 Å². The first-order valence-corrected chi connectivity index (χ1v) is 6.49. The van der Waals surface area contributed by atoms with Crippen LogP contribution in [0.25, 0.3) is 0 Å². The minimum atomic E-state index is -0.0908. The lowest BCUT2D eigenvalue weighted by Crippen LogP contribution is -2.35. The molecule has 0 bridgehead atoms. The fourth-order valence-electron chi connectivity index (χ4n) is 1.89. The molecule has 0 fully saturated rings. The van der Waals surface area contributed by atoms with Crippen LogP contribution in [-0.2, 0) is 4.79 Å². The summed E-state index contributed by atoms with van der Waals surface area (Å²) in [5.41, 5.74) is 0.994. The molecule has 1 aromatic heterocycles. The Hall–Kier alpha value is -1.85. The normalized spacial score (nSPS) is 11.8. The van der Waals surface area contributed by atoms with Crippen molar-refractivity contribution in [1.29, 1.82) is 0 Å². The summed E-state index contributed by atoms with van der Waals surface area (Å²) in [5.74, 6) is 1.40. The molecule has 0 aliphatic carbocycles. The van der Waals surface area contributed by atoms with Crippen molar-refractivity contribution in [3.63, 3.8) is 0 Å². The van der Waals surface area contributed by atoms with E-state index in [1.165, 1.54) is 0 Å². The Balaban J connectivity index is 2.83. The van der Waals surface area contributed by atoms with Gasteiger partial charge in [0.05, 0.1) is 5.92 Å². The topological polar surface area (TPSA) is 70.2 Å². The van der Waals surface area contributed by atoms with Gasteiger partial charge in [0.2, 0.25) is 11.9 Å². The number of aromatic nitrogens is 2. The van der Waals surface area contributed by atoms with Gasteiger partial charge in [0.15, 0.2) is 0 Å². The molecule has 0 aliphatic heterocycles. The standard InChI is InChI=1S/C13H23N5O/c1-6-15-13-16-7-9(2)11(17-13)18(5)8-10(3)12(19)14-4/h7,10H,6,8H2,1-5H3,(H,14,19)(H,15,16,17). The molecule has 6 nitrogen and oxygen atoms in total. The van der Waals surface area contributed by atoms with E-state index in [-0.39, 0.29) is 11.8 Å². The van der Waals surface area contributed by atoms with Gasteiger partial charge in [0.25, 0.3) is 0 Å². The first-order chi connectivity index (χ1) is 8.99. The number of nitrogens with one attached hydrogen (secondary N) is 2. The molecule has 106 valence electrons. The van der Waals surface area contributed by atoms with Crippen LogP contribution in [0.4, 0.5) is 11.8 Å². The summed E-state index contributed by atoms with van der Waals surface area (Å²) >= 11 is 0. The van der Waals surface area contributed by atoms with E-state index >= 15 is 0 Å². The van der Waals surface area contributed by atoms with Gasteiger partial charge in [0, 0.05) is 38.9 Å². The van der Waals surface area contributed by atoms with Crippen LogP contribution in [0.15, 0.2) is 6.20 Å². The third kappa shape index (κ3) is 4.08. The highest BCUT2D eigenvalue weighted by molar-refractivity contribution is 5.78. The molecule has 6 heteroatoms. The van der Waals surface area contributed by atoms with E-state index in [2.05, 4.69) is 20.6 Å². The van der Waals surface area contributed by atoms with Gasteiger partial charge in [-0.1, -0.05) is 6.92 Å². The zero-order valence-corrected chi connectivity index (χ0v) is 12.3. The summed E-state index contributed by atoms with van der Waals surface area (Å²) in [4.78, 5) is 22.2. The van der Waals surface area contributed by atoms with Crippen molar-refractivity contribution in [3.8, 4) is 0 Å². The number of hydrogen-bond donors (Lipinski definition) is 2. The van der Waals surface area contributed by atoms with Gasteiger partial charge in [0.1, 0.15) is 5.82 Å². The van der Waals surface area contributed by atoms with Crippen LogP contribution in [0.1, 0.15) is 19.4 Å². The summed E-state index contributed by atoms with van der Waals surface area (Å²) < 4.78 is 0. The van der Waals surface area contributed by atoms with Crippen molar-refractivity contribution in [2.45, 2.75) is 20.8 Å². The van der Waals surface area contributed by atoms with Crippen LogP contribution in [0, 0.1) is 12.8 Å². The van der Waals surface area contributed by atoms with E-state index in [1.54, 1.807) is 13.2 Å². The zero-order chi connectivity index (χ0) is 14.4. The largest absolute Gasteiger partial charge is 0.359 e. The second kappa shape index (κ2) is 6.92. The zero-order valence-electron chi connectivity index (χ0n) is 12.3. The smallest absolute Gasteiger partial charge is 0.224 e. The number of carbonyl (C=O) groups is 1. The van der Waals surface area contributed by atoms with Crippen molar-refractivity contribution < 1.29 is 4.79 Å². The lowest BCUT2D eigenvalue weighted by atomic mass is 10.1. The van der Waals surface area contributed by atoms with Crippen molar-refractivity contribution in [2.75, 3.05) is 37.4 Å². The summed E-state index contributed by atoms with van der Waals surface area (Å²) in [5, 5.41) is 5.75. The molecule has 0 aliphatic rings. The van der Waals surface area contributed by atoms with Gasteiger partial charge in [-0.3, -0.25) is 4.79 Å². The number of aryl methyl sites for hydroxylation is 1. The fraction of sp³-hybridized carbons (Fsp3) is 0.615. The van der Waals surface area contributed by atoms with Crippen LogP contribution >= 0.6 is 0 Å². The van der Waals surface area contributed by atoms with E-state index in [9.17, 15) is 4.79 Å². The van der Waals surface area contributed by atoms with Gasteiger partial charge in [-0.15, -0.1) is 0 Å². The number of nitrogens with zero attached hydrogens (tertiary/aromatic N) is 3. The third-order valence-corrected chi connectivity index (χ3v) is 2.88. The van der Waals surface area contributed by atoms with Gasteiger partial charge in [-0.25, -0.2) is 4.98 Å². The van der Waals surface area contributed by atoms with Crippen molar-refractivity contribution in [2.24, 2.45) is 5.92 Å². The minimum Gasteiger partial charge on any atom is -0.359 e. The summed E-state index contributed by atoms with van der Waals surface area (Å²) in [6.07, 6.45) is 1.79. The quantitative estimate of drug-likeness (QED) is 0.804. The highest BCUT2D eigenvalue weighted by Gasteiger charge is 2.16. The Morgan fingerprint density at radius 3 is 2.79 bits per heavy atom. The number of amides is 1. The minimum absolute atomic E-state index is 0.0328. The molecule has 2 N–H and O–H groups in total. The van der Waals surface area contributed by atoms with Gasteiger partial charge in [-0.05, 0) is 13.8 Å². The number of rotatable bonds is 6. The second-order valence-electron chi connectivity index (χ2n) is 4.63. The third-order valence-electron chi connectivity index (χ3n) is 2.88. The highest BCUT2D eigenvalue weighted by Crippen LogP contribution is 2.17. The molecule has 0 saturated heterocycles. The SMILES string of the molecule is CCNc1ncc(C)c(N(C)CC(C)C(=O)NC)n1. The monoisotopic (exact) mass is 265 g/mol. The molecule has 0 spiro atoms. The van der Waals surface area contributed by atoms with Gasteiger partial charge >= 0.3 is 0 Å². The maximum atomic E-state index is 11.6. The Morgan fingerprint density at radius 1 is 1.53 bits per heavy atom. The molecular formula is C13H23N5O. The Morgan fingerprint density at radius 2 is 2.21 bits per heavy atom. The molecule has 0 aromatic carbocycles. The van der Waals surface area contributed by atoms with E-state index in [4.69, 9.17) is 0 Å². The number of anilines is 2. The molecule has 0 radical (unpaired) electrons. The van der Waals surface area contributed by atoms with Crippen LogP contribution in [-0.4, -0.2) is 43.1 Å². The van der Waals surface area contributed by atoms with Crippen LogP contribution in [0.5, 0.6) is 0 Å². The fourth-order valence-corrected chi connectivity index (χ4v) is 1.89. The average molecular weight is 265 g/mol. The van der Waals surface area contributed by atoms with E-state index in [1.807, 2.05) is 32.7 Å². The Kier molecular flexibility index (Phi) is 5.54. The van der Waals surface area contributed by atoms with Gasteiger partial charge < -0.3 is 15.5 Å². The van der Waals surface area contributed by atoms with Crippen molar-refractivity contribution in [1.82, 2.24) is 15.3 Å². The Labute approximate surface area is 114 Å². The van der Waals surface area contributed by atoms with Crippen LogP contribution in [0.3, 0.4) is 0 Å². The molecule has 1 unspecified atom stereocenters. The summed E-state index contributed by atoms with van der Waals surface area (Å²) in [6, 6.07) is 0. The molecule has 1 heterocycles. The lowest BCUT2D eigenvalue weighted by molar-refractivity contribution is -0.123. The maximum absolute atomic E-state index is 11.6.